The summed E-state index contributed by atoms with van der Waals surface area (Å²) in [6.07, 6.45) is 34.7. The van der Waals surface area contributed by atoms with Crippen LogP contribution in [0, 0.1) is 0 Å². The Hall–Kier alpha value is -1.34. The first kappa shape index (κ1) is 58.7. The number of phosphoric ester groups is 1. The van der Waals surface area contributed by atoms with Crippen molar-refractivity contribution < 1.29 is 58.3 Å². The number of rotatable bonds is 43. The summed E-state index contributed by atoms with van der Waals surface area (Å²) in [5, 5.41) is 50.2. The van der Waals surface area contributed by atoms with Crippen LogP contribution in [0.25, 0.3) is 0 Å². The van der Waals surface area contributed by atoms with Crippen molar-refractivity contribution in [2.24, 2.45) is 0 Å². The molecule has 1 aliphatic carbocycles. The summed E-state index contributed by atoms with van der Waals surface area (Å²) in [6, 6.07) is 0. The molecule has 0 heterocycles. The van der Waals surface area contributed by atoms with Gasteiger partial charge < -0.3 is 39.9 Å². The fourth-order valence-electron chi connectivity index (χ4n) is 7.85. The van der Waals surface area contributed by atoms with Gasteiger partial charge in [-0.1, -0.05) is 187 Å². The van der Waals surface area contributed by atoms with Gasteiger partial charge >= 0.3 is 13.8 Å². The fraction of sp³-hybridized carbons (Fsp3) is 0.898. The van der Waals surface area contributed by atoms with Crippen molar-refractivity contribution in [1.82, 2.24) is 0 Å². The van der Waals surface area contributed by atoms with Crippen LogP contribution in [0.3, 0.4) is 0 Å². The Balaban J connectivity index is 2.37. The molecule has 0 aliphatic heterocycles. The standard InChI is InChI=1S/C49H93O12P/c1-3-5-7-9-11-13-15-17-19-21-22-23-24-26-28-30-32-34-36-38-43(50)60-42(41-59-62(56,57)61-49-47(54)45(52)44(51)46(53)48(49)55)40-58-39-37-35-33-31-29-27-25-20-18-16-14-12-10-8-6-4-2/h21-22,37,39,42,44-49,51-55H,3-20,23-36,38,40-41H2,1-2H3,(H,56,57)/b22-21-,39-37-/t42-,44?,45-,46?,47?,48?,49?/m1/s1. The molecule has 12 nitrogen and oxygen atoms in total. The first-order chi connectivity index (χ1) is 30.0. The summed E-state index contributed by atoms with van der Waals surface area (Å²) in [5.41, 5.74) is 0. The summed E-state index contributed by atoms with van der Waals surface area (Å²) in [7, 11) is -5.03. The van der Waals surface area contributed by atoms with E-state index in [-0.39, 0.29) is 13.0 Å². The van der Waals surface area contributed by atoms with Gasteiger partial charge in [-0.25, -0.2) is 4.57 Å². The average Bonchev–Trinajstić information content (AvgIpc) is 3.26. The predicted molar refractivity (Wildman–Crippen MR) is 249 cm³/mol. The molecule has 6 unspecified atom stereocenters. The van der Waals surface area contributed by atoms with Crippen LogP contribution in [0.2, 0.25) is 0 Å². The van der Waals surface area contributed by atoms with E-state index in [1.54, 1.807) is 0 Å². The molecule has 0 aromatic rings. The lowest BCUT2D eigenvalue weighted by Gasteiger charge is -2.41. The zero-order valence-electron chi connectivity index (χ0n) is 39.2. The molecule has 0 amide bonds. The van der Waals surface area contributed by atoms with Crippen LogP contribution in [-0.2, 0) is 27.9 Å². The number of aliphatic hydroxyl groups excluding tert-OH is 5. The highest BCUT2D eigenvalue weighted by Crippen LogP contribution is 2.47. The van der Waals surface area contributed by atoms with Crippen molar-refractivity contribution in [1.29, 1.82) is 0 Å². The zero-order valence-corrected chi connectivity index (χ0v) is 40.1. The minimum atomic E-state index is -5.03. The molecule has 1 aliphatic rings. The van der Waals surface area contributed by atoms with Crippen molar-refractivity contribution in [3.63, 3.8) is 0 Å². The van der Waals surface area contributed by atoms with E-state index in [2.05, 4.69) is 26.0 Å². The van der Waals surface area contributed by atoms with Gasteiger partial charge in [-0.15, -0.1) is 0 Å². The smallest absolute Gasteiger partial charge is 0.472 e. The molecule has 0 aromatic heterocycles. The maximum absolute atomic E-state index is 12.8. The highest BCUT2D eigenvalue weighted by atomic mass is 31.2. The molecule has 366 valence electrons. The number of unbranched alkanes of at least 4 members (excludes halogenated alkanes) is 29. The van der Waals surface area contributed by atoms with E-state index < -0.39 is 63.1 Å². The minimum absolute atomic E-state index is 0.159. The number of ether oxygens (including phenoxy) is 2. The van der Waals surface area contributed by atoms with Gasteiger partial charge in [0.15, 0.2) is 6.10 Å². The first-order valence-electron chi connectivity index (χ1n) is 25.2. The topological polar surface area (TPSA) is 192 Å². The largest absolute Gasteiger partial charge is 0.498 e. The maximum Gasteiger partial charge on any atom is 0.472 e. The van der Waals surface area contributed by atoms with E-state index in [9.17, 15) is 39.8 Å². The lowest BCUT2D eigenvalue weighted by atomic mass is 9.85. The number of phosphoric acid groups is 1. The second kappa shape index (κ2) is 40.0. The van der Waals surface area contributed by atoms with Gasteiger partial charge in [0.25, 0.3) is 0 Å². The van der Waals surface area contributed by atoms with Gasteiger partial charge in [0.05, 0.1) is 12.9 Å². The Morgan fingerprint density at radius 3 is 1.27 bits per heavy atom. The Morgan fingerprint density at radius 2 is 0.855 bits per heavy atom. The number of hydrogen-bond acceptors (Lipinski definition) is 11. The maximum atomic E-state index is 12.8. The number of carbonyl (C=O) groups excluding carboxylic acids is 1. The second-order valence-corrected chi connectivity index (χ2v) is 19.1. The van der Waals surface area contributed by atoms with Gasteiger partial charge in [-0.2, -0.15) is 0 Å². The Kier molecular flexibility index (Phi) is 37.8. The van der Waals surface area contributed by atoms with E-state index in [1.807, 2.05) is 6.08 Å². The molecule has 1 fully saturated rings. The van der Waals surface area contributed by atoms with Crippen LogP contribution in [0.15, 0.2) is 24.5 Å². The molecule has 62 heavy (non-hydrogen) atoms. The monoisotopic (exact) mass is 905 g/mol. The lowest BCUT2D eigenvalue weighted by Crippen LogP contribution is -2.64. The molecule has 0 bridgehead atoms. The summed E-state index contributed by atoms with van der Waals surface area (Å²) in [5.74, 6) is -0.501. The van der Waals surface area contributed by atoms with Crippen LogP contribution < -0.4 is 0 Å². The van der Waals surface area contributed by atoms with Crippen LogP contribution in [0.5, 0.6) is 0 Å². The molecule has 0 radical (unpaired) electrons. The Bertz CT molecular complexity index is 1120. The van der Waals surface area contributed by atoms with E-state index in [0.29, 0.717) is 6.42 Å². The molecule has 8 atom stereocenters. The normalized spacial score (nSPS) is 22.1. The average molecular weight is 905 g/mol. The number of allylic oxidation sites excluding steroid dienone is 3. The third-order valence-corrected chi connectivity index (χ3v) is 12.9. The SMILES string of the molecule is CCCCCCCCCC/C=C\CCCCCCCCCC(=O)O[C@H](CO/C=C\CCCCCCCCCCCCCCCC)COP(=O)(O)OC1C(O)C(O)C(O)[C@@H](O)C1O. The van der Waals surface area contributed by atoms with Crippen molar-refractivity contribution in [2.45, 2.75) is 268 Å². The van der Waals surface area contributed by atoms with Gasteiger partial charge in [-0.3, -0.25) is 13.8 Å². The van der Waals surface area contributed by atoms with Crippen LogP contribution in [-0.4, -0.2) is 92.3 Å². The zero-order chi connectivity index (χ0) is 45.5. The van der Waals surface area contributed by atoms with Gasteiger partial charge in [0.2, 0.25) is 0 Å². The predicted octanol–water partition coefficient (Wildman–Crippen LogP) is 11.2. The highest BCUT2D eigenvalue weighted by molar-refractivity contribution is 7.47. The summed E-state index contributed by atoms with van der Waals surface area (Å²) in [6.45, 7) is 3.75. The lowest BCUT2D eigenvalue weighted by molar-refractivity contribution is -0.220. The third-order valence-electron chi connectivity index (χ3n) is 11.9. The van der Waals surface area contributed by atoms with Gasteiger partial charge in [0, 0.05) is 6.42 Å². The summed E-state index contributed by atoms with van der Waals surface area (Å²) in [4.78, 5) is 23.2. The Morgan fingerprint density at radius 1 is 0.500 bits per heavy atom. The van der Waals surface area contributed by atoms with E-state index in [4.69, 9.17) is 18.5 Å². The second-order valence-electron chi connectivity index (χ2n) is 17.7. The van der Waals surface area contributed by atoms with Crippen LogP contribution >= 0.6 is 7.82 Å². The molecule has 13 heteroatoms. The molecule has 0 saturated heterocycles. The molecule has 0 aromatic carbocycles. The number of esters is 1. The molecule has 6 N–H and O–H groups in total. The summed E-state index contributed by atoms with van der Waals surface area (Å²) >= 11 is 0. The number of hydrogen-bond donors (Lipinski definition) is 6. The number of carbonyl (C=O) groups is 1. The van der Waals surface area contributed by atoms with E-state index >= 15 is 0 Å². The number of aliphatic hydroxyl groups is 5. The van der Waals surface area contributed by atoms with Crippen molar-refractivity contribution in [3.8, 4) is 0 Å². The minimum Gasteiger partial charge on any atom is -0.498 e. The van der Waals surface area contributed by atoms with Crippen molar-refractivity contribution >= 4 is 13.8 Å². The highest BCUT2D eigenvalue weighted by Gasteiger charge is 2.51. The van der Waals surface area contributed by atoms with Crippen LogP contribution in [0.4, 0.5) is 0 Å². The van der Waals surface area contributed by atoms with Crippen molar-refractivity contribution in [2.75, 3.05) is 13.2 Å². The van der Waals surface area contributed by atoms with Crippen molar-refractivity contribution in [3.05, 3.63) is 24.5 Å². The Labute approximate surface area is 377 Å². The van der Waals surface area contributed by atoms with E-state index in [1.165, 1.54) is 154 Å². The molecular formula is C49H93O12P. The van der Waals surface area contributed by atoms with E-state index in [0.717, 1.165) is 51.4 Å². The van der Waals surface area contributed by atoms with Crippen LogP contribution in [0.1, 0.15) is 226 Å². The molecule has 1 saturated carbocycles. The van der Waals surface area contributed by atoms with Gasteiger partial charge in [-0.05, 0) is 51.0 Å². The first-order valence-corrected chi connectivity index (χ1v) is 26.7. The fourth-order valence-corrected chi connectivity index (χ4v) is 8.82. The van der Waals surface area contributed by atoms with Gasteiger partial charge in [0.1, 0.15) is 43.2 Å². The molecular weight excluding hydrogens is 812 g/mol. The summed E-state index contributed by atoms with van der Waals surface area (Å²) < 4.78 is 34.0. The quantitative estimate of drug-likeness (QED) is 0.0112. The molecule has 1 rings (SSSR count). The molecule has 0 spiro atoms. The third kappa shape index (κ3) is 31.5.